The Labute approximate surface area is 137 Å². The Morgan fingerprint density at radius 1 is 1.13 bits per heavy atom. The average Bonchev–Trinajstić information content (AvgIpc) is 2.59. The number of aliphatic hydroxyl groups excluding tert-OH is 1. The Bertz CT molecular complexity index is 643. The first-order chi connectivity index (χ1) is 11.0. The lowest BCUT2D eigenvalue weighted by molar-refractivity contribution is -0.125. The summed E-state index contributed by atoms with van der Waals surface area (Å²) >= 11 is 0. The molecule has 0 aliphatic heterocycles. The fraction of sp³-hybridized carbons (Fsp3) is 0.316. The lowest BCUT2D eigenvalue weighted by Crippen LogP contribution is -2.37. The molecule has 0 heterocycles. The van der Waals surface area contributed by atoms with E-state index in [0.29, 0.717) is 0 Å². The van der Waals surface area contributed by atoms with Crippen LogP contribution in [0, 0.1) is 12.8 Å². The third kappa shape index (κ3) is 4.41. The van der Waals surface area contributed by atoms with Crippen LogP contribution in [0.4, 0.5) is 0 Å². The molecule has 4 heteroatoms. The lowest BCUT2D eigenvalue weighted by Gasteiger charge is -2.21. The van der Waals surface area contributed by atoms with Crippen molar-refractivity contribution >= 4 is 5.91 Å². The van der Waals surface area contributed by atoms with Crippen molar-refractivity contribution < 1.29 is 9.90 Å². The highest BCUT2D eigenvalue weighted by molar-refractivity contribution is 5.79. The molecule has 0 aliphatic rings. The molecule has 2 rings (SSSR count). The lowest BCUT2D eigenvalue weighted by atomic mass is 9.94. The molecule has 0 saturated carbocycles. The molecular weight excluding hydrogens is 288 g/mol. The van der Waals surface area contributed by atoms with Crippen molar-refractivity contribution in [1.82, 2.24) is 5.32 Å². The molecule has 0 bridgehead atoms. The van der Waals surface area contributed by atoms with Gasteiger partial charge in [0.2, 0.25) is 5.91 Å². The van der Waals surface area contributed by atoms with Crippen molar-refractivity contribution in [3.05, 3.63) is 71.3 Å². The molecule has 4 N–H and O–H groups in total. The van der Waals surface area contributed by atoms with Crippen molar-refractivity contribution in [1.29, 1.82) is 0 Å². The summed E-state index contributed by atoms with van der Waals surface area (Å²) < 4.78 is 0. The second-order valence-corrected chi connectivity index (χ2v) is 5.84. The third-order valence-corrected chi connectivity index (χ3v) is 4.15. The van der Waals surface area contributed by atoms with Gasteiger partial charge in [0.15, 0.2) is 0 Å². The van der Waals surface area contributed by atoms with E-state index in [1.807, 2.05) is 61.5 Å². The van der Waals surface area contributed by atoms with Crippen LogP contribution in [-0.2, 0) is 4.79 Å². The standard InChI is InChI=1S/C19H24N2O2/c1-13-8-6-7-11-16(13)17(22)12-21-19(23)14(2)18(20)15-9-4-3-5-10-15/h3-11,14,17-18,22H,12,20H2,1-2H3,(H,21,23). The number of nitrogens with one attached hydrogen (secondary N) is 1. The van der Waals surface area contributed by atoms with Crippen LogP contribution < -0.4 is 11.1 Å². The van der Waals surface area contributed by atoms with E-state index < -0.39 is 6.10 Å². The number of benzene rings is 2. The first-order valence-corrected chi connectivity index (χ1v) is 7.82. The van der Waals surface area contributed by atoms with E-state index in [4.69, 9.17) is 5.73 Å². The largest absolute Gasteiger partial charge is 0.387 e. The van der Waals surface area contributed by atoms with Crippen molar-refractivity contribution in [3.8, 4) is 0 Å². The second kappa shape index (κ2) is 7.90. The number of aliphatic hydroxyl groups is 1. The summed E-state index contributed by atoms with van der Waals surface area (Å²) in [7, 11) is 0. The second-order valence-electron chi connectivity index (χ2n) is 5.84. The minimum atomic E-state index is -0.722. The summed E-state index contributed by atoms with van der Waals surface area (Å²) in [6.07, 6.45) is -0.722. The molecule has 1 amide bonds. The van der Waals surface area contributed by atoms with E-state index in [9.17, 15) is 9.90 Å². The molecule has 0 radical (unpaired) electrons. The molecule has 0 spiro atoms. The van der Waals surface area contributed by atoms with Gasteiger partial charge < -0.3 is 16.2 Å². The fourth-order valence-corrected chi connectivity index (χ4v) is 2.56. The van der Waals surface area contributed by atoms with Crippen LogP contribution in [-0.4, -0.2) is 17.6 Å². The Hall–Kier alpha value is -2.17. The normalized spacial score (nSPS) is 14.8. The average molecular weight is 312 g/mol. The molecule has 23 heavy (non-hydrogen) atoms. The summed E-state index contributed by atoms with van der Waals surface area (Å²) in [6, 6.07) is 16.8. The minimum Gasteiger partial charge on any atom is -0.387 e. The van der Waals surface area contributed by atoms with Crippen molar-refractivity contribution in [2.45, 2.75) is 26.0 Å². The number of rotatable bonds is 6. The zero-order chi connectivity index (χ0) is 16.8. The minimum absolute atomic E-state index is 0.158. The van der Waals surface area contributed by atoms with E-state index >= 15 is 0 Å². The number of amides is 1. The van der Waals surface area contributed by atoms with Crippen LogP contribution >= 0.6 is 0 Å². The van der Waals surface area contributed by atoms with Crippen molar-refractivity contribution in [3.63, 3.8) is 0 Å². The Morgan fingerprint density at radius 2 is 1.74 bits per heavy atom. The smallest absolute Gasteiger partial charge is 0.224 e. The third-order valence-electron chi connectivity index (χ3n) is 4.15. The highest BCUT2D eigenvalue weighted by atomic mass is 16.3. The number of hydrogen-bond donors (Lipinski definition) is 3. The molecule has 2 aromatic rings. The number of nitrogens with two attached hydrogens (primary N) is 1. The van der Waals surface area contributed by atoms with E-state index in [1.54, 1.807) is 6.92 Å². The first-order valence-electron chi connectivity index (χ1n) is 7.82. The molecule has 0 aliphatic carbocycles. The van der Waals surface area contributed by atoms with Gasteiger partial charge in [0, 0.05) is 12.6 Å². The van der Waals surface area contributed by atoms with E-state index in [-0.39, 0.29) is 24.4 Å². The topological polar surface area (TPSA) is 75.3 Å². The van der Waals surface area contributed by atoms with Gasteiger partial charge in [0.05, 0.1) is 12.0 Å². The quantitative estimate of drug-likeness (QED) is 0.767. The highest BCUT2D eigenvalue weighted by Crippen LogP contribution is 2.20. The first kappa shape index (κ1) is 17.2. The Balaban J connectivity index is 1.93. The number of hydrogen-bond acceptors (Lipinski definition) is 3. The fourth-order valence-electron chi connectivity index (χ4n) is 2.56. The maximum Gasteiger partial charge on any atom is 0.224 e. The highest BCUT2D eigenvalue weighted by Gasteiger charge is 2.22. The molecular formula is C19H24N2O2. The van der Waals surface area contributed by atoms with Crippen LogP contribution in [0.3, 0.4) is 0 Å². The predicted molar refractivity (Wildman–Crippen MR) is 91.7 cm³/mol. The Morgan fingerprint density at radius 3 is 2.39 bits per heavy atom. The molecule has 4 nitrogen and oxygen atoms in total. The van der Waals surface area contributed by atoms with Gasteiger partial charge >= 0.3 is 0 Å². The van der Waals surface area contributed by atoms with E-state index in [1.165, 1.54) is 0 Å². The summed E-state index contributed by atoms with van der Waals surface area (Å²) in [4.78, 5) is 12.3. The molecule has 3 atom stereocenters. The summed E-state index contributed by atoms with van der Waals surface area (Å²) in [5, 5.41) is 13.0. The molecule has 3 unspecified atom stereocenters. The maximum absolute atomic E-state index is 12.3. The van der Waals surface area contributed by atoms with E-state index in [0.717, 1.165) is 16.7 Å². The van der Waals surface area contributed by atoms with Crippen LogP contribution in [0.2, 0.25) is 0 Å². The maximum atomic E-state index is 12.3. The summed E-state index contributed by atoms with van der Waals surface area (Å²) in [6.45, 7) is 3.91. The van der Waals surface area contributed by atoms with Crippen molar-refractivity contribution in [2.24, 2.45) is 11.7 Å². The van der Waals surface area contributed by atoms with Crippen LogP contribution in [0.25, 0.3) is 0 Å². The van der Waals surface area contributed by atoms with Gasteiger partial charge in [-0.05, 0) is 23.6 Å². The van der Waals surface area contributed by atoms with Gasteiger partial charge in [-0.3, -0.25) is 4.79 Å². The van der Waals surface area contributed by atoms with Gasteiger partial charge in [-0.1, -0.05) is 61.5 Å². The van der Waals surface area contributed by atoms with Gasteiger partial charge in [0.25, 0.3) is 0 Å². The monoisotopic (exact) mass is 312 g/mol. The summed E-state index contributed by atoms with van der Waals surface area (Å²) in [5.74, 6) is -0.532. The van der Waals surface area contributed by atoms with Crippen LogP contribution in [0.1, 0.15) is 35.8 Å². The zero-order valence-electron chi connectivity index (χ0n) is 13.6. The van der Waals surface area contributed by atoms with Crippen LogP contribution in [0.15, 0.2) is 54.6 Å². The molecule has 2 aromatic carbocycles. The molecule has 0 aromatic heterocycles. The predicted octanol–water partition coefficient (Wildman–Crippen LogP) is 2.48. The Kier molecular flexibility index (Phi) is 5.90. The number of aryl methyl sites for hydroxylation is 1. The van der Waals surface area contributed by atoms with Crippen molar-refractivity contribution in [2.75, 3.05) is 6.54 Å². The van der Waals surface area contributed by atoms with Crippen LogP contribution in [0.5, 0.6) is 0 Å². The van der Waals surface area contributed by atoms with Gasteiger partial charge in [0.1, 0.15) is 0 Å². The molecule has 0 saturated heterocycles. The van der Waals surface area contributed by atoms with Gasteiger partial charge in [-0.25, -0.2) is 0 Å². The van der Waals surface area contributed by atoms with Gasteiger partial charge in [-0.2, -0.15) is 0 Å². The van der Waals surface area contributed by atoms with E-state index in [2.05, 4.69) is 5.32 Å². The molecule has 122 valence electrons. The molecule has 0 fully saturated rings. The summed E-state index contributed by atoms with van der Waals surface area (Å²) in [5.41, 5.74) is 8.91. The zero-order valence-corrected chi connectivity index (χ0v) is 13.6. The van der Waals surface area contributed by atoms with Gasteiger partial charge in [-0.15, -0.1) is 0 Å². The number of carbonyl (C=O) groups excluding carboxylic acids is 1. The SMILES string of the molecule is Cc1ccccc1C(O)CNC(=O)C(C)C(N)c1ccccc1. The number of carbonyl (C=O) groups is 1.